The zero-order chi connectivity index (χ0) is 7.56. The maximum Gasteiger partial charge on any atom is 0.0477 e. The van der Waals surface area contributed by atoms with Crippen LogP contribution in [-0.4, -0.2) is 0 Å². The number of hydrogen-bond acceptors (Lipinski definition) is 1. The number of aryl methyl sites for hydroxylation is 1. The van der Waals surface area contributed by atoms with Crippen molar-refractivity contribution < 1.29 is 1.37 Å². The second-order valence-corrected chi connectivity index (χ2v) is 2.02. The summed E-state index contributed by atoms with van der Waals surface area (Å²) >= 11 is 0. The molecule has 0 aliphatic rings. The predicted molar refractivity (Wildman–Crippen MR) is 39.1 cm³/mol. The van der Waals surface area contributed by atoms with Gasteiger partial charge in [-0.1, -0.05) is 24.3 Å². The van der Waals surface area contributed by atoms with Gasteiger partial charge in [-0.25, -0.2) is 0 Å². The third-order valence-corrected chi connectivity index (χ3v) is 1.37. The van der Waals surface area contributed by atoms with Crippen LogP contribution in [-0.2, 0) is 6.52 Å². The van der Waals surface area contributed by atoms with Crippen LogP contribution in [0.3, 0.4) is 0 Å². The van der Waals surface area contributed by atoms with Gasteiger partial charge in [0.2, 0.25) is 0 Å². The van der Waals surface area contributed by atoms with Crippen LogP contribution in [0.2, 0.25) is 0 Å². The van der Waals surface area contributed by atoms with Gasteiger partial charge in [0.1, 0.15) is 0 Å². The van der Waals surface area contributed by atoms with E-state index in [0.717, 1.165) is 11.1 Å². The minimum Gasteiger partial charge on any atom is -0.326 e. The Morgan fingerprint density at radius 2 is 2.22 bits per heavy atom. The molecule has 0 aliphatic carbocycles. The second-order valence-electron chi connectivity index (χ2n) is 2.02. The van der Waals surface area contributed by atoms with Crippen molar-refractivity contribution in [3.8, 4) is 0 Å². The molecule has 1 aromatic carbocycles. The van der Waals surface area contributed by atoms with Crippen molar-refractivity contribution in [2.24, 2.45) is 5.73 Å². The lowest BCUT2D eigenvalue weighted by atomic mass is 10.1. The average molecular weight is 122 g/mol. The van der Waals surface area contributed by atoms with Crippen LogP contribution in [0.5, 0.6) is 0 Å². The Morgan fingerprint density at radius 3 is 2.67 bits per heavy atom. The smallest absolute Gasteiger partial charge is 0.0477 e. The molecule has 0 heterocycles. The predicted octanol–water partition coefficient (Wildman–Crippen LogP) is 1.45. The highest BCUT2D eigenvalue weighted by Crippen LogP contribution is 2.04. The van der Waals surface area contributed by atoms with Gasteiger partial charge < -0.3 is 5.73 Å². The zero-order valence-corrected chi connectivity index (χ0v) is 5.46. The van der Waals surface area contributed by atoms with Crippen molar-refractivity contribution in [1.29, 1.82) is 0 Å². The summed E-state index contributed by atoms with van der Waals surface area (Å²) in [6, 6.07) is 7.69. The number of hydrogen-bond donors (Lipinski definition) is 1. The molecule has 1 nitrogen and oxygen atoms in total. The van der Waals surface area contributed by atoms with E-state index in [1.165, 1.54) is 0 Å². The highest BCUT2D eigenvalue weighted by atomic mass is 14.5. The van der Waals surface area contributed by atoms with E-state index in [1.54, 1.807) is 0 Å². The Bertz CT molecular complexity index is 220. The highest BCUT2D eigenvalue weighted by molar-refractivity contribution is 5.24. The first-order chi connectivity index (χ1) is 4.72. The zero-order valence-electron chi connectivity index (χ0n) is 6.46. The van der Waals surface area contributed by atoms with E-state index >= 15 is 0 Å². The van der Waals surface area contributed by atoms with E-state index in [2.05, 4.69) is 0 Å². The lowest BCUT2D eigenvalue weighted by Gasteiger charge is -1.98. The fourth-order valence-electron chi connectivity index (χ4n) is 0.774. The van der Waals surface area contributed by atoms with Crippen LogP contribution in [0.4, 0.5) is 0 Å². The van der Waals surface area contributed by atoms with Gasteiger partial charge in [0.15, 0.2) is 0 Å². The molecular formula is C8H11N. The molecule has 1 atom stereocenters. The summed E-state index contributed by atoms with van der Waals surface area (Å²) in [5, 5.41) is 0. The monoisotopic (exact) mass is 122 g/mol. The normalized spacial score (nSPS) is 14.7. The van der Waals surface area contributed by atoms with Crippen molar-refractivity contribution in [2.45, 2.75) is 13.4 Å². The van der Waals surface area contributed by atoms with Gasteiger partial charge >= 0.3 is 0 Å². The fourth-order valence-corrected chi connectivity index (χ4v) is 0.774. The summed E-state index contributed by atoms with van der Waals surface area (Å²) in [6.07, 6.45) is 0. The lowest BCUT2D eigenvalue weighted by Crippen LogP contribution is -1.97. The molecule has 0 radical (unpaired) electrons. The minimum atomic E-state index is -0.596. The molecule has 0 bridgehead atoms. The first-order valence-electron chi connectivity index (χ1n) is 3.53. The minimum absolute atomic E-state index is 0.596. The number of nitrogens with two attached hydrogens (primary N) is 1. The average Bonchev–Trinajstić information content (AvgIpc) is 1.88. The summed E-state index contributed by atoms with van der Waals surface area (Å²) < 4.78 is 7.24. The second kappa shape index (κ2) is 2.65. The van der Waals surface area contributed by atoms with Gasteiger partial charge in [-0.2, -0.15) is 0 Å². The van der Waals surface area contributed by atoms with Gasteiger partial charge in [-0.05, 0) is 18.1 Å². The number of rotatable bonds is 1. The maximum absolute atomic E-state index is 7.24. The Hall–Kier alpha value is -0.820. The van der Waals surface area contributed by atoms with Gasteiger partial charge in [0.05, 0.1) is 0 Å². The van der Waals surface area contributed by atoms with Crippen molar-refractivity contribution in [2.75, 3.05) is 0 Å². The molecule has 0 aliphatic heterocycles. The van der Waals surface area contributed by atoms with Crippen LogP contribution < -0.4 is 5.73 Å². The van der Waals surface area contributed by atoms with Crippen LogP contribution in [0.15, 0.2) is 24.3 Å². The molecule has 48 valence electrons. The van der Waals surface area contributed by atoms with Gasteiger partial charge in [-0.3, -0.25) is 0 Å². The molecule has 0 spiro atoms. The number of benzene rings is 1. The summed E-state index contributed by atoms with van der Waals surface area (Å²) in [7, 11) is 0. The van der Waals surface area contributed by atoms with E-state index in [9.17, 15) is 0 Å². The highest BCUT2D eigenvalue weighted by Gasteiger charge is 1.89. The standard InChI is InChI=1S/C8H11N/c1-7-4-2-3-5-8(7)6-9/h2-5H,6,9H2,1H3/i6D. The van der Waals surface area contributed by atoms with Crippen molar-refractivity contribution in [3.05, 3.63) is 35.4 Å². The van der Waals surface area contributed by atoms with Gasteiger partial charge in [0.25, 0.3) is 0 Å². The van der Waals surface area contributed by atoms with E-state index < -0.39 is 6.52 Å². The van der Waals surface area contributed by atoms with Crippen LogP contribution in [0, 0.1) is 6.92 Å². The van der Waals surface area contributed by atoms with E-state index in [-0.39, 0.29) is 0 Å². The van der Waals surface area contributed by atoms with Crippen LogP contribution in [0.25, 0.3) is 0 Å². The molecule has 0 amide bonds. The summed E-state index contributed by atoms with van der Waals surface area (Å²) in [4.78, 5) is 0. The Morgan fingerprint density at radius 1 is 1.56 bits per heavy atom. The Labute approximate surface area is 56.9 Å². The summed E-state index contributed by atoms with van der Waals surface area (Å²) in [5.74, 6) is 0. The largest absolute Gasteiger partial charge is 0.326 e. The Kier molecular flexibility index (Phi) is 1.47. The quantitative estimate of drug-likeness (QED) is 0.599. The molecule has 1 aromatic rings. The lowest BCUT2D eigenvalue weighted by molar-refractivity contribution is 1.05. The van der Waals surface area contributed by atoms with Crippen molar-refractivity contribution in [1.82, 2.24) is 0 Å². The third-order valence-electron chi connectivity index (χ3n) is 1.37. The molecular weight excluding hydrogens is 110 g/mol. The topological polar surface area (TPSA) is 26.0 Å². The molecule has 1 rings (SSSR count). The van der Waals surface area contributed by atoms with E-state index in [4.69, 9.17) is 7.10 Å². The van der Waals surface area contributed by atoms with Crippen molar-refractivity contribution >= 4 is 0 Å². The molecule has 1 heteroatoms. The first-order valence-corrected chi connectivity index (χ1v) is 2.95. The first kappa shape index (κ1) is 5.00. The molecule has 1 unspecified atom stereocenters. The summed E-state index contributed by atoms with van der Waals surface area (Å²) in [5.41, 5.74) is 7.37. The molecule has 0 saturated heterocycles. The molecule has 0 saturated carbocycles. The molecule has 0 aromatic heterocycles. The van der Waals surface area contributed by atoms with Gasteiger partial charge in [-0.15, -0.1) is 0 Å². The third kappa shape index (κ3) is 1.30. The van der Waals surface area contributed by atoms with E-state index in [1.807, 2.05) is 31.2 Å². The van der Waals surface area contributed by atoms with Crippen molar-refractivity contribution in [3.63, 3.8) is 0 Å². The van der Waals surface area contributed by atoms with E-state index in [0.29, 0.717) is 0 Å². The molecule has 2 N–H and O–H groups in total. The van der Waals surface area contributed by atoms with Gasteiger partial charge in [0, 0.05) is 7.89 Å². The molecule has 0 fully saturated rings. The fraction of sp³-hybridized carbons (Fsp3) is 0.250. The maximum atomic E-state index is 7.24. The Balaban J connectivity index is 3.03. The van der Waals surface area contributed by atoms with Crippen LogP contribution >= 0.6 is 0 Å². The summed E-state index contributed by atoms with van der Waals surface area (Å²) in [6.45, 7) is 1.37. The SMILES string of the molecule is [2H]C(N)c1ccccc1C. The van der Waals surface area contributed by atoms with Crippen LogP contribution in [0.1, 0.15) is 12.5 Å². The molecule has 9 heavy (non-hydrogen) atoms.